The number of carbonyl (C=O) groups is 1. The molecule has 0 saturated carbocycles. The van der Waals surface area contributed by atoms with Crippen molar-refractivity contribution in [3.63, 3.8) is 0 Å². The molecule has 0 aliphatic carbocycles. The van der Waals surface area contributed by atoms with Gasteiger partial charge in [0.05, 0.1) is 6.54 Å². The number of rotatable bonds is 6. The van der Waals surface area contributed by atoms with Crippen LogP contribution in [-0.2, 0) is 17.9 Å². The molecule has 10 heteroatoms. The molecule has 1 aliphatic rings. The van der Waals surface area contributed by atoms with Gasteiger partial charge in [0, 0.05) is 18.8 Å². The molecule has 1 fully saturated rings. The summed E-state index contributed by atoms with van der Waals surface area (Å²) in [4.78, 5) is 15.5. The summed E-state index contributed by atoms with van der Waals surface area (Å²) in [5.41, 5.74) is 0. The van der Waals surface area contributed by atoms with E-state index in [2.05, 4.69) is 15.6 Å². The van der Waals surface area contributed by atoms with E-state index in [0.29, 0.717) is 12.3 Å². The number of hydrogen-bond acceptors (Lipinski definition) is 3. The fourth-order valence-electron chi connectivity index (χ4n) is 2.41. The van der Waals surface area contributed by atoms with Crippen molar-refractivity contribution in [2.24, 2.45) is 5.92 Å². The minimum absolute atomic E-state index is 0. The Kier molecular flexibility index (Phi) is 9.57. The normalized spacial score (nSPS) is 17.3. The average Bonchev–Trinajstić information content (AvgIpc) is 3.03. The number of halogens is 5. The second-order valence-corrected chi connectivity index (χ2v) is 5.26. The van der Waals surface area contributed by atoms with E-state index < -0.39 is 12.7 Å². The second kappa shape index (κ2) is 10.00. The monoisotopic (exact) mass is 376 g/mol. The van der Waals surface area contributed by atoms with Gasteiger partial charge in [-0.1, -0.05) is 0 Å². The van der Waals surface area contributed by atoms with Gasteiger partial charge in [0.25, 0.3) is 0 Å². The van der Waals surface area contributed by atoms with Gasteiger partial charge >= 0.3 is 6.18 Å². The second-order valence-electron chi connectivity index (χ2n) is 5.26. The van der Waals surface area contributed by atoms with Crippen LogP contribution in [0.5, 0.6) is 0 Å². The number of amides is 1. The molecule has 1 aliphatic heterocycles. The van der Waals surface area contributed by atoms with Crippen molar-refractivity contribution < 1.29 is 18.0 Å². The standard InChI is InChI=1S/C13H19F3N4O.2ClH/c14-13(15,16)9-20-6-5-18-11(20)8-19-12(21)2-1-10-3-4-17-7-10;;/h5-6,10,17H,1-4,7-9H2,(H,19,21);2*1H. The molecule has 1 aromatic rings. The number of nitrogens with zero attached hydrogens (tertiary/aromatic N) is 2. The molecule has 1 saturated heterocycles. The van der Waals surface area contributed by atoms with Crippen LogP contribution in [0.1, 0.15) is 25.1 Å². The fourth-order valence-corrected chi connectivity index (χ4v) is 2.41. The zero-order valence-corrected chi connectivity index (χ0v) is 14.1. The zero-order valence-electron chi connectivity index (χ0n) is 12.4. The molecule has 0 radical (unpaired) electrons. The zero-order chi connectivity index (χ0) is 15.3. The number of nitrogens with one attached hydrogen (secondary N) is 2. The van der Waals surface area contributed by atoms with E-state index in [1.54, 1.807) is 0 Å². The Hall–Kier alpha value is -0.990. The predicted octanol–water partition coefficient (Wildman–Crippen LogP) is 2.29. The number of imidazole rings is 1. The van der Waals surface area contributed by atoms with Crippen LogP contribution in [0.4, 0.5) is 13.2 Å². The third kappa shape index (κ3) is 7.90. The highest BCUT2D eigenvalue weighted by atomic mass is 35.5. The highest BCUT2D eigenvalue weighted by Gasteiger charge is 2.28. The average molecular weight is 377 g/mol. The number of carbonyl (C=O) groups excluding carboxylic acids is 1. The van der Waals surface area contributed by atoms with Crippen LogP contribution in [0.15, 0.2) is 12.4 Å². The predicted molar refractivity (Wildman–Crippen MR) is 84.8 cm³/mol. The molecule has 23 heavy (non-hydrogen) atoms. The maximum Gasteiger partial charge on any atom is 0.406 e. The van der Waals surface area contributed by atoms with Gasteiger partial charge in [0.2, 0.25) is 5.91 Å². The summed E-state index contributed by atoms with van der Waals surface area (Å²) in [5, 5.41) is 5.85. The molecule has 5 nitrogen and oxygen atoms in total. The molecule has 1 unspecified atom stereocenters. The molecule has 1 amide bonds. The summed E-state index contributed by atoms with van der Waals surface area (Å²) >= 11 is 0. The van der Waals surface area contributed by atoms with Gasteiger partial charge in [-0.2, -0.15) is 13.2 Å². The highest BCUT2D eigenvalue weighted by molar-refractivity contribution is 5.85. The van der Waals surface area contributed by atoms with Crippen LogP contribution in [0, 0.1) is 5.92 Å². The summed E-state index contributed by atoms with van der Waals surface area (Å²) in [6.07, 6.45) is 0.539. The third-order valence-electron chi connectivity index (χ3n) is 3.54. The van der Waals surface area contributed by atoms with Crippen LogP contribution < -0.4 is 10.6 Å². The van der Waals surface area contributed by atoms with Gasteiger partial charge in [-0.3, -0.25) is 4.79 Å². The Morgan fingerprint density at radius 3 is 2.78 bits per heavy atom. The van der Waals surface area contributed by atoms with Crippen molar-refractivity contribution in [3.8, 4) is 0 Å². The molecule has 1 atom stereocenters. The number of aromatic nitrogens is 2. The van der Waals surface area contributed by atoms with Gasteiger partial charge in [0.15, 0.2) is 0 Å². The first-order valence-electron chi connectivity index (χ1n) is 6.98. The largest absolute Gasteiger partial charge is 0.406 e. The molecule has 1 aromatic heterocycles. The first-order valence-corrected chi connectivity index (χ1v) is 6.98. The first kappa shape index (κ1) is 22.0. The van der Waals surface area contributed by atoms with Crippen LogP contribution >= 0.6 is 24.8 Å². The molecular weight excluding hydrogens is 356 g/mol. The smallest absolute Gasteiger partial charge is 0.349 e. The van der Waals surface area contributed by atoms with E-state index in [9.17, 15) is 18.0 Å². The van der Waals surface area contributed by atoms with Crippen LogP contribution in [0.2, 0.25) is 0 Å². The lowest BCUT2D eigenvalue weighted by atomic mass is 10.0. The molecule has 2 N–H and O–H groups in total. The quantitative estimate of drug-likeness (QED) is 0.800. The van der Waals surface area contributed by atoms with E-state index in [-0.39, 0.29) is 43.1 Å². The van der Waals surface area contributed by atoms with Gasteiger partial charge in [-0.25, -0.2) is 4.98 Å². The van der Waals surface area contributed by atoms with E-state index in [0.717, 1.165) is 30.5 Å². The van der Waals surface area contributed by atoms with Crippen molar-refractivity contribution in [1.29, 1.82) is 0 Å². The highest BCUT2D eigenvalue weighted by Crippen LogP contribution is 2.18. The van der Waals surface area contributed by atoms with E-state index in [4.69, 9.17) is 0 Å². The van der Waals surface area contributed by atoms with Gasteiger partial charge in [0.1, 0.15) is 12.4 Å². The SMILES string of the molecule is Cl.Cl.O=C(CCC1CCNC1)NCc1nccn1CC(F)(F)F. The van der Waals surface area contributed by atoms with Crippen LogP contribution in [0.3, 0.4) is 0 Å². The van der Waals surface area contributed by atoms with Crippen molar-refractivity contribution in [2.75, 3.05) is 13.1 Å². The maximum absolute atomic E-state index is 12.3. The Labute approximate surface area is 145 Å². The summed E-state index contributed by atoms with van der Waals surface area (Å²) in [6, 6.07) is 0. The molecule has 2 heterocycles. The molecule has 2 rings (SSSR count). The minimum Gasteiger partial charge on any atom is -0.349 e. The minimum atomic E-state index is -4.30. The molecule has 0 bridgehead atoms. The molecular formula is C13H21Cl2F3N4O. The first-order chi connectivity index (χ1) is 9.94. The Morgan fingerprint density at radius 1 is 1.43 bits per heavy atom. The summed E-state index contributed by atoms with van der Waals surface area (Å²) in [6.45, 7) is 0.848. The Bertz CT molecular complexity index is 476. The summed E-state index contributed by atoms with van der Waals surface area (Å²) in [5.74, 6) is 0.578. The van der Waals surface area contributed by atoms with Crippen LogP contribution in [-0.4, -0.2) is 34.7 Å². The lowest BCUT2D eigenvalue weighted by Crippen LogP contribution is -2.27. The van der Waals surface area contributed by atoms with E-state index in [1.165, 1.54) is 12.4 Å². The van der Waals surface area contributed by atoms with E-state index in [1.807, 2.05) is 0 Å². The lowest BCUT2D eigenvalue weighted by molar-refractivity contribution is -0.141. The maximum atomic E-state index is 12.3. The van der Waals surface area contributed by atoms with Gasteiger partial charge < -0.3 is 15.2 Å². The van der Waals surface area contributed by atoms with Crippen LogP contribution in [0.25, 0.3) is 0 Å². The Morgan fingerprint density at radius 2 is 2.17 bits per heavy atom. The van der Waals surface area contributed by atoms with Crippen molar-refractivity contribution in [2.45, 2.75) is 38.5 Å². The Balaban J connectivity index is 0.00000242. The third-order valence-corrected chi connectivity index (χ3v) is 3.54. The fraction of sp³-hybridized carbons (Fsp3) is 0.692. The number of hydrogen-bond donors (Lipinski definition) is 2. The summed E-state index contributed by atoms with van der Waals surface area (Å²) in [7, 11) is 0. The van der Waals surface area contributed by atoms with Gasteiger partial charge in [-0.15, -0.1) is 24.8 Å². The topological polar surface area (TPSA) is 59.0 Å². The molecule has 134 valence electrons. The van der Waals surface area contributed by atoms with Crippen molar-refractivity contribution in [3.05, 3.63) is 18.2 Å². The summed E-state index contributed by atoms with van der Waals surface area (Å²) < 4.78 is 38.0. The molecule has 0 spiro atoms. The van der Waals surface area contributed by atoms with E-state index >= 15 is 0 Å². The molecule has 0 aromatic carbocycles. The van der Waals surface area contributed by atoms with Crippen molar-refractivity contribution in [1.82, 2.24) is 20.2 Å². The lowest BCUT2D eigenvalue weighted by Gasteiger charge is -2.12. The van der Waals surface area contributed by atoms with Gasteiger partial charge in [-0.05, 0) is 31.8 Å². The number of alkyl halides is 3. The van der Waals surface area contributed by atoms with Crippen molar-refractivity contribution >= 4 is 30.7 Å².